The van der Waals surface area contributed by atoms with Crippen molar-refractivity contribution in [3.8, 4) is 0 Å². The molecule has 13 unspecified atom stereocenters. The van der Waals surface area contributed by atoms with Crippen molar-refractivity contribution in [1.82, 2.24) is 40.9 Å². The van der Waals surface area contributed by atoms with Crippen molar-refractivity contribution < 1.29 is 75.6 Å². The lowest BCUT2D eigenvalue weighted by atomic mass is 9.79. The van der Waals surface area contributed by atoms with Gasteiger partial charge in [-0.2, -0.15) is 13.2 Å². The number of rotatable bonds is 38. The summed E-state index contributed by atoms with van der Waals surface area (Å²) in [7, 11) is 6.07. The zero-order valence-electron chi connectivity index (χ0n) is 60.6. The molecule has 2 aromatic rings. The first-order valence-electron chi connectivity index (χ1n) is 35.4. The number of alkyl halides is 3. The molecule has 0 aromatic heterocycles. The molecule has 1 aliphatic carbocycles. The molecule has 1 saturated heterocycles. The lowest BCUT2D eigenvalue weighted by Crippen LogP contribution is -2.60. The molecule has 23 nitrogen and oxygen atoms in total. The number of ether oxygens (including phenoxy) is 3. The van der Waals surface area contributed by atoms with Crippen molar-refractivity contribution in [3.05, 3.63) is 77.9 Å². The van der Waals surface area contributed by atoms with E-state index < -0.39 is 138 Å². The molecule has 26 heteroatoms. The number of anilines is 1. The van der Waals surface area contributed by atoms with Crippen LogP contribution in [0.15, 0.2) is 66.7 Å². The molecule has 2 aromatic carbocycles. The molecular formula is C73H113F3N10O13. The first-order chi connectivity index (χ1) is 46.8. The van der Waals surface area contributed by atoms with Crippen LogP contribution in [0.3, 0.4) is 0 Å². The molecule has 0 radical (unpaired) electrons. The Morgan fingerprint density at radius 2 is 1.33 bits per heavy atom. The molecule has 2 heterocycles. The fourth-order valence-corrected chi connectivity index (χ4v) is 14.0. The molecule has 0 spiro atoms. The summed E-state index contributed by atoms with van der Waals surface area (Å²) in [5.74, 6) is -5.92. The normalized spacial score (nSPS) is 20.2. The molecular weight excluding hydrogens is 1280 g/mol. The van der Waals surface area contributed by atoms with Crippen molar-refractivity contribution in [1.29, 1.82) is 0 Å². The maximum atomic E-state index is 14.9. The van der Waals surface area contributed by atoms with Gasteiger partial charge in [-0.1, -0.05) is 137 Å². The molecule has 9 amide bonds. The van der Waals surface area contributed by atoms with Crippen LogP contribution in [0.4, 0.5) is 23.7 Å². The molecule has 13 atom stereocenters. The van der Waals surface area contributed by atoms with E-state index >= 15 is 0 Å². The second-order valence-electron chi connectivity index (χ2n) is 28.4. The van der Waals surface area contributed by atoms with Gasteiger partial charge in [0.05, 0.1) is 54.8 Å². The molecule has 2 fully saturated rings. The van der Waals surface area contributed by atoms with Crippen LogP contribution in [0, 0.1) is 41.4 Å². The molecule has 554 valence electrons. The van der Waals surface area contributed by atoms with Crippen molar-refractivity contribution in [2.24, 2.45) is 47.2 Å². The number of methoxy groups -OCH3 is 2. The predicted molar refractivity (Wildman–Crippen MR) is 371 cm³/mol. The van der Waals surface area contributed by atoms with Crippen LogP contribution < -0.4 is 32.3 Å². The maximum Gasteiger partial charge on any atom is 0.410 e. The zero-order chi connectivity index (χ0) is 73.6. The van der Waals surface area contributed by atoms with Crippen molar-refractivity contribution >= 4 is 59.0 Å². The number of likely N-dealkylation sites (tertiary alicyclic amines) is 1. The van der Waals surface area contributed by atoms with Crippen LogP contribution in [0.25, 0.3) is 0 Å². The number of nitrogens with two attached hydrogens (primary N) is 1. The van der Waals surface area contributed by atoms with Crippen LogP contribution in [0.2, 0.25) is 0 Å². The highest BCUT2D eigenvalue weighted by molar-refractivity contribution is 6.12. The number of carbonyl (C=O) groups is 9. The Bertz CT molecular complexity index is 2970. The number of amides is 9. The molecule has 2 aliphatic heterocycles. The van der Waals surface area contributed by atoms with Crippen LogP contribution in [0.5, 0.6) is 0 Å². The monoisotopic (exact) mass is 1390 g/mol. The predicted octanol–water partition coefficient (Wildman–Crippen LogP) is 8.19. The lowest BCUT2D eigenvalue weighted by Gasteiger charge is -2.41. The minimum Gasteiger partial charge on any atom is -0.445 e. The van der Waals surface area contributed by atoms with E-state index in [0.717, 1.165) is 42.7 Å². The Balaban J connectivity index is 1.21. The number of carbonyl (C=O) groups excluding carboxylic acids is 9. The van der Waals surface area contributed by atoms with E-state index in [1.807, 2.05) is 32.0 Å². The molecule has 5 rings (SSSR count). The van der Waals surface area contributed by atoms with Gasteiger partial charge in [0.15, 0.2) is 0 Å². The van der Waals surface area contributed by atoms with E-state index in [-0.39, 0.29) is 62.5 Å². The first kappa shape index (κ1) is 82.7. The van der Waals surface area contributed by atoms with Crippen molar-refractivity contribution in [2.45, 2.75) is 232 Å². The maximum absolute atomic E-state index is 14.9. The number of benzene rings is 2. The summed E-state index contributed by atoms with van der Waals surface area (Å²) in [4.78, 5) is 129. The Kier molecular flexibility index (Phi) is 32.8. The van der Waals surface area contributed by atoms with Gasteiger partial charge in [-0.15, -0.1) is 0 Å². The van der Waals surface area contributed by atoms with Gasteiger partial charge in [-0.3, -0.25) is 53.5 Å². The quantitative estimate of drug-likeness (QED) is 0.0246. The minimum atomic E-state index is -4.72. The van der Waals surface area contributed by atoms with Crippen LogP contribution >= 0.6 is 0 Å². The molecule has 99 heavy (non-hydrogen) atoms. The summed E-state index contributed by atoms with van der Waals surface area (Å²) in [5, 5.41) is 25.1. The Hall–Kier alpha value is -7.00. The average molecular weight is 1400 g/mol. The second-order valence-corrected chi connectivity index (χ2v) is 28.4. The topological polar surface area (TPSA) is 301 Å². The van der Waals surface area contributed by atoms with Crippen LogP contribution in [-0.4, -0.2) is 193 Å². The number of nitrogens with one attached hydrogen (secondary N) is 5. The number of hydrogen-bond acceptors (Lipinski definition) is 15. The molecule has 0 bridgehead atoms. The number of unbranched alkanes of at least 4 members (excludes halogenated alkanes) is 2. The van der Waals surface area contributed by atoms with Gasteiger partial charge in [-0.25, -0.2) is 4.79 Å². The average Bonchev–Trinajstić information content (AvgIpc) is 1.79. The van der Waals surface area contributed by atoms with Gasteiger partial charge in [0, 0.05) is 59.2 Å². The van der Waals surface area contributed by atoms with E-state index in [4.69, 9.17) is 19.9 Å². The van der Waals surface area contributed by atoms with E-state index in [9.17, 15) is 61.4 Å². The minimum absolute atomic E-state index is 0.0214. The first-order valence-corrected chi connectivity index (χ1v) is 35.4. The third-order valence-electron chi connectivity index (χ3n) is 20.2. The highest BCUT2D eigenvalue weighted by atomic mass is 19.4. The van der Waals surface area contributed by atoms with Crippen molar-refractivity contribution in [2.75, 3.05) is 53.3 Å². The third kappa shape index (κ3) is 23.5. The summed E-state index contributed by atoms with van der Waals surface area (Å²) in [6, 6.07) is 7.07. The van der Waals surface area contributed by atoms with Crippen LogP contribution in [-0.2, 0) is 59.2 Å². The number of imide groups is 1. The molecule has 3 aliphatic rings. The number of nitrogens with zero attached hydrogens (tertiary/aromatic N) is 4. The fourth-order valence-electron chi connectivity index (χ4n) is 14.0. The van der Waals surface area contributed by atoms with Crippen molar-refractivity contribution in [3.63, 3.8) is 0 Å². The lowest BCUT2D eigenvalue weighted by molar-refractivity contribution is -0.161. The number of halogens is 3. The number of aliphatic hydroxyl groups is 1. The van der Waals surface area contributed by atoms with E-state index in [2.05, 4.69) is 26.6 Å². The number of likely N-dealkylation sites (N-methyl/N-ethyl adjacent to an activating group) is 2. The Morgan fingerprint density at radius 1 is 0.717 bits per heavy atom. The highest BCUT2D eigenvalue weighted by Crippen LogP contribution is 2.34. The molecule has 1 saturated carbocycles. The van der Waals surface area contributed by atoms with Gasteiger partial charge in [-0.05, 0) is 117 Å². The zero-order valence-corrected chi connectivity index (χ0v) is 60.6. The number of hydrogen-bond donors (Lipinski definition) is 7. The van der Waals surface area contributed by atoms with Crippen LogP contribution in [0.1, 0.15) is 170 Å². The Morgan fingerprint density at radius 3 is 1.89 bits per heavy atom. The van der Waals surface area contributed by atoms with Gasteiger partial charge < -0.3 is 56.1 Å². The molecule has 8 N–H and O–H groups in total. The number of aliphatic hydroxyl groups excluding tert-OH is 1. The Labute approximate surface area is 583 Å². The SMILES string of the molecule is CCC(C)C(C(CC(=O)N1CCCC1C(OC)C(C)C(=O)NC(C)C(O)c1ccccc1)OC)N(C)C(=O)C(NC(=O)C(C(C)C)N(C)C(=O)OCc1ccc(NC(=O)C(CC2CCC(CN)CC2)NC(=O)C(NC(CCCCCN2C(=O)C=CC2=O)C(F)(F)F)C(C)C)cc1)C(C)C. The summed E-state index contributed by atoms with van der Waals surface area (Å²) in [6.07, 6.45) is -0.160. The summed E-state index contributed by atoms with van der Waals surface area (Å²) in [5.41, 5.74) is 7.47. The van der Waals surface area contributed by atoms with Gasteiger partial charge in [0.2, 0.25) is 35.4 Å². The second kappa shape index (κ2) is 39.3. The highest BCUT2D eigenvalue weighted by Gasteiger charge is 2.46. The van der Waals surface area contributed by atoms with E-state index in [1.54, 1.807) is 109 Å². The van der Waals surface area contributed by atoms with Gasteiger partial charge >= 0.3 is 12.3 Å². The van der Waals surface area contributed by atoms with E-state index in [0.29, 0.717) is 67.9 Å². The standard InChI is InChI=1S/C73H113F3N10O13/c1-15-46(8)64(56(97-13)40-60(89)85-38-22-25-55(85)66(98-14)47(9)67(91)78-48(10)65(90)52-23-18-16-19-24-52)83(11)71(95)62(44(4)5)82-70(94)63(45(6)7)84(12)72(96)99-42-51-31-33-53(34-32-51)79-68(92)54(39-49-27-29-50(41-77)30-28-49)80-69(93)61(43(2)3)81-57(73(74,75)76)26-20-17-21-37-86-58(87)35-36-59(86)88/h16,18-19,23-24,31-36,43-50,54-57,61-66,81,90H,15,17,20-22,25-30,37-42,77H2,1-14H3,(H,78,91)(H,79,92)(H,80,93)(H,82,94). The smallest absolute Gasteiger partial charge is 0.410 e. The summed E-state index contributed by atoms with van der Waals surface area (Å²) in [6.45, 7) is 18.5. The fraction of sp³-hybridized carbons (Fsp3) is 0.685. The van der Waals surface area contributed by atoms with E-state index in [1.165, 1.54) is 26.2 Å². The third-order valence-corrected chi connectivity index (χ3v) is 20.2. The summed E-state index contributed by atoms with van der Waals surface area (Å²) >= 11 is 0. The van der Waals surface area contributed by atoms with Gasteiger partial charge in [0.1, 0.15) is 30.8 Å². The summed E-state index contributed by atoms with van der Waals surface area (Å²) < 4.78 is 61.5. The largest absolute Gasteiger partial charge is 0.445 e. The van der Waals surface area contributed by atoms with Gasteiger partial charge in [0.25, 0.3) is 11.8 Å².